The van der Waals surface area contributed by atoms with Crippen LogP contribution in [0.15, 0.2) is 0 Å². The van der Waals surface area contributed by atoms with Gasteiger partial charge in [-0.25, -0.2) is 4.98 Å². The third kappa shape index (κ3) is 4.03. The second kappa shape index (κ2) is 6.85. The van der Waals surface area contributed by atoms with E-state index in [2.05, 4.69) is 33.0 Å². The first kappa shape index (κ1) is 15.0. The van der Waals surface area contributed by atoms with Crippen LogP contribution >= 0.6 is 11.3 Å². The lowest BCUT2D eigenvalue weighted by Crippen LogP contribution is -2.21. The Balaban J connectivity index is 2.09. The van der Waals surface area contributed by atoms with Gasteiger partial charge in [0.15, 0.2) is 0 Å². The maximum atomic E-state index is 4.97. The third-order valence-corrected chi connectivity index (χ3v) is 5.26. The molecule has 1 saturated carbocycles. The zero-order valence-corrected chi connectivity index (χ0v) is 13.6. The van der Waals surface area contributed by atoms with Gasteiger partial charge >= 0.3 is 0 Å². The first-order valence-corrected chi connectivity index (χ1v) is 8.63. The molecule has 1 aromatic rings. The molecule has 1 fully saturated rings. The summed E-state index contributed by atoms with van der Waals surface area (Å²) in [4.78, 5) is 6.45. The van der Waals surface area contributed by atoms with Crippen molar-refractivity contribution in [2.75, 3.05) is 0 Å². The highest BCUT2D eigenvalue weighted by Gasteiger charge is 2.26. The summed E-state index contributed by atoms with van der Waals surface area (Å²) in [6.45, 7) is 10.0. The number of hydrogen-bond donors (Lipinski definition) is 1. The van der Waals surface area contributed by atoms with Crippen LogP contribution in [0, 0.1) is 5.92 Å². The van der Waals surface area contributed by atoms with Crippen LogP contribution < -0.4 is 5.32 Å². The SMILES string of the molecule is CCCc1nc(C2CCC(C)C2)sc1CNC(C)C. The maximum absolute atomic E-state index is 4.97. The predicted molar refractivity (Wildman–Crippen MR) is 83.8 cm³/mol. The quantitative estimate of drug-likeness (QED) is 0.830. The predicted octanol–water partition coefficient (Wildman–Crippen LogP) is 4.50. The number of nitrogens with one attached hydrogen (secondary N) is 1. The fourth-order valence-electron chi connectivity index (χ4n) is 2.88. The Bertz CT molecular complexity index is 397. The highest BCUT2D eigenvalue weighted by atomic mass is 32.1. The largest absolute Gasteiger partial charge is 0.310 e. The van der Waals surface area contributed by atoms with Crippen molar-refractivity contribution in [1.29, 1.82) is 0 Å². The molecule has 0 bridgehead atoms. The molecule has 0 radical (unpaired) electrons. The summed E-state index contributed by atoms with van der Waals surface area (Å²) < 4.78 is 0. The van der Waals surface area contributed by atoms with Crippen molar-refractivity contribution in [2.45, 2.75) is 78.3 Å². The standard InChI is InChI=1S/C16H28N2S/c1-5-6-14-15(10-17-11(2)3)19-16(18-14)13-8-7-12(4)9-13/h11-13,17H,5-10H2,1-4H3. The van der Waals surface area contributed by atoms with Crippen LogP contribution in [0.1, 0.15) is 74.9 Å². The van der Waals surface area contributed by atoms with Crippen LogP contribution in [-0.4, -0.2) is 11.0 Å². The molecule has 0 aliphatic heterocycles. The summed E-state index contributed by atoms with van der Waals surface area (Å²) in [6, 6.07) is 0.548. The van der Waals surface area contributed by atoms with Gasteiger partial charge in [0.05, 0.1) is 10.7 Å². The van der Waals surface area contributed by atoms with Gasteiger partial charge in [0.1, 0.15) is 0 Å². The number of aryl methyl sites for hydroxylation is 1. The number of thiazole rings is 1. The molecule has 3 heteroatoms. The van der Waals surface area contributed by atoms with Crippen LogP contribution in [0.25, 0.3) is 0 Å². The van der Waals surface area contributed by atoms with E-state index in [0.717, 1.165) is 24.8 Å². The van der Waals surface area contributed by atoms with E-state index in [0.29, 0.717) is 6.04 Å². The fraction of sp³-hybridized carbons (Fsp3) is 0.812. The second-order valence-corrected chi connectivity index (χ2v) is 7.44. The molecule has 1 N–H and O–H groups in total. The minimum Gasteiger partial charge on any atom is -0.310 e. The normalized spacial score (nSPS) is 23.4. The average Bonchev–Trinajstić information content (AvgIpc) is 2.94. The van der Waals surface area contributed by atoms with Gasteiger partial charge < -0.3 is 5.32 Å². The van der Waals surface area contributed by atoms with E-state index in [1.807, 2.05) is 11.3 Å². The second-order valence-electron chi connectivity index (χ2n) is 6.32. The van der Waals surface area contributed by atoms with Gasteiger partial charge in [0.2, 0.25) is 0 Å². The number of nitrogens with zero attached hydrogens (tertiary/aromatic N) is 1. The molecule has 108 valence electrons. The van der Waals surface area contributed by atoms with E-state index in [1.54, 1.807) is 0 Å². The molecule has 0 aromatic carbocycles. The van der Waals surface area contributed by atoms with E-state index < -0.39 is 0 Å². The van der Waals surface area contributed by atoms with Gasteiger partial charge in [0, 0.05) is 23.4 Å². The molecule has 0 amide bonds. The summed E-state index contributed by atoms with van der Waals surface area (Å²) in [5.74, 6) is 1.63. The monoisotopic (exact) mass is 280 g/mol. The number of rotatable bonds is 6. The van der Waals surface area contributed by atoms with Gasteiger partial charge in [-0.15, -0.1) is 11.3 Å². The molecule has 19 heavy (non-hydrogen) atoms. The van der Waals surface area contributed by atoms with Crippen molar-refractivity contribution >= 4 is 11.3 Å². The Labute approximate surface area is 122 Å². The molecule has 1 aromatic heterocycles. The Kier molecular flexibility index (Phi) is 5.40. The van der Waals surface area contributed by atoms with E-state index in [4.69, 9.17) is 4.98 Å². The van der Waals surface area contributed by atoms with E-state index >= 15 is 0 Å². The molecule has 0 spiro atoms. The van der Waals surface area contributed by atoms with Crippen molar-refractivity contribution in [1.82, 2.24) is 10.3 Å². The van der Waals surface area contributed by atoms with Crippen molar-refractivity contribution in [2.24, 2.45) is 5.92 Å². The van der Waals surface area contributed by atoms with Crippen LogP contribution in [0.3, 0.4) is 0 Å². The zero-order valence-electron chi connectivity index (χ0n) is 12.8. The molecule has 2 nitrogen and oxygen atoms in total. The summed E-state index contributed by atoms with van der Waals surface area (Å²) in [7, 11) is 0. The van der Waals surface area contributed by atoms with Crippen LogP contribution in [0.5, 0.6) is 0 Å². The van der Waals surface area contributed by atoms with Gasteiger partial charge in [0.25, 0.3) is 0 Å². The van der Waals surface area contributed by atoms with Crippen LogP contribution in [0.4, 0.5) is 0 Å². The molecular weight excluding hydrogens is 252 g/mol. The molecule has 2 atom stereocenters. The third-order valence-electron chi connectivity index (χ3n) is 4.00. The fourth-order valence-corrected chi connectivity index (χ4v) is 4.09. The summed E-state index contributed by atoms with van der Waals surface area (Å²) in [6.07, 6.45) is 6.40. The van der Waals surface area contributed by atoms with Gasteiger partial charge in [-0.1, -0.05) is 40.5 Å². The first-order valence-electron chi connectivity index (χ1n) is 7.82. The lowest BCUT2D eigenvalue weighted by atomic mass is 10.1. The Morgan fingerprint density at radius 2 is 2.16 bits per heavy atom. The van der Waals surface area contributed by atoms with E-state index in [1.165, 1.54) is 41.3 Å². The van der Waals surface area contributed by atoms with Crippen molar-refractivity contribution in [3.63, 3.8) is 0 Å². The molecule has 1 aliphatic rings. The lowest BCUT2D eigenvalue weighted by Gasteiger charge is -2.07. The number of aromatic nitrogens is 1. The van der Waals surface area contributed by atoms with Crippen molar-refractivity contribution in [3.05, 3.63) is 15.6 Å². The van der Waals surface area contributed by atoms with E-state index in [9.17, 15) is 0 Å². The topological polar surface area (TPSA) is 24.9 Å². The summed E-state index contributed by atoms with van der Waals surface area (Å²) in [5, 5.41) is 4.95. The minimum absolute atomic E-state index is 0.548. The van der Waals surface area contributed by atoms with Crippen LogP contribution in [0.2, 0.25) is 0 Å². The van der Waals surface area contributed by atoms with Crippen molar-refractivity contribution < 1.29 is 0 Å². The molecule has 1 aliphatic carbocycles. The Morgan fingerprint density at radius 1 is 1.37 bits per heavy atom. The first-order chi connectivity index (χ1) is 9.10. The highest BCUT2D eigenvalue weighted by molar-refractivity contribution is 7.11. The molecular formula is C16H28N2S. The molecule has 2 rings (SSSR count). The minimum atomic E-state index is 0.548. The Hall–Kier alpha value is -0.410. The maximum Gasteiger partial charge on any atom is 0.0962 e. The van der Waals surface area contributed by atoms with Gasteiger partial charge in [-0.2, -0.15) is 0 Å². The average molecular weight is 280 g/mol. The highest BCUT2D eigenvalue weighted by Crippen LogP contribution is 2.40. The molecule has 1 heterocycles. The molecule has 2 unspecified atom stereocenters. The number of hydrogen-bond acceptors (Lipinski definition) is 3. The van der Waals surface area contributed by atoms with E-state index in [-0.39, 0.29) is 0 Å². The summed E-state index contributed by atoms with van der Waals surface area (Å²) in [5.41, 5.74) is 1.36. The lowest BCUT2D eigenvalue weighted by molar-refractivity contribution is 0.589. The Morgan fingerprint density at radius 3 is 2.74 bits per heavy atom. The smallest absolute Gasteiger partial charge is 0.0962 e. The molecule has 0 saturated heterocycles. The van der Waals surface area contributed by atoms with Crippen molar-refractivity contribution in [3.8, 4) is 0 Å². The van der Waals surface area contributed by atoms with Gasteiger partial charge in [-0.3, -0.25) is 0 Å². The zero-order chi connectivity index (χ0) is 13.8. The van der Waals surface area contributed by atoms with Crippen LogP contribution in [-0.2, 0) is 13.0 Å². The van der Waals surface area contributed by atoms with Gasteiger partial charge in [-0.05, 0) is 25.2 Å². The summed E-state index contributed by atoms with van der Waals surface area (Å²) >= 11 is 1.97.